The van der Waals surface area contributed by atoms with E-state index in [9.17, 15) is 4.79 Å². The van der Waals surface area contributed by atoms with E-state index >= 15 is 0 Å². The van der Waals surface area contributed by atoms with Gasteiger partial charge in [0.05, 0.1) is 6.17 Å². The van der Waals surface area contributed by atoms with Crippen molar-refractivity contribution in [3.8, 4) is 0 Å². The second kappa shape index (κ2) is 8.40. The first-order valence-electron chi connectivity index (χ1n) is 10.5. The predicted octanol–water partition coefficient (Wildman–Crippen LogP) is 3.58. The Kier molecular flexibility index (Phi) is 5.48. The molecule has 5 rings (SSSR count). The Morgan fingerprint density at radius 1 is 1.03 bits per heavy atom. The first-order chi connectivity index (χ1) is 14.7. The molecule has 0 spiro atoms. The number of aromatic amines is 1. The maximum atomic E-state index is 12.8. The molecule has 3 heterocycles. The van der Waals surface area contributed by atoms with Gasteiger partial charge in [-0.05, 0) is 55.2 Å². The van der Waals surface area contributed by atoms with Crippen LogP contribution in [0.2, 0.25) is 5.02 Å². The Morgan fingerprint density at radius 3 is 2.63 bits per heavy atom. The van der Waals surface area contributed by atoms with Crippen molar-refractivity contribution < 1.29 is 4.79 Å². The zero-order valence-corrected chi connectivity index (χ0v) is 17.5. The van der Waals surface area contributed by atoms with Gasteiger partial charge in [0.1, 0.15) is 0 Å². The average molecular weight is 424 g/mol. The fourth-order valence-electron chi connectivity index (χ4n) is 4.59. The fraction of sp³-hybridized carbons (Fsp3) is 0.348. The molecule has 1 amide bonds. The summed E-state index contributed by atoms with van der Waals surface area (Å²) in [6.07, 6.45) is 5.10. The van der Waals surface area contributed by atoms with E-state index in [4.69, 9.17) is 11.6 Å². The summed E-state index contributed by atoms with van der Waals surface area (Å²) in [7, 11) is 0. The van der Waals surface area contributed by atoms with Gasteiger partial charge in [-0.3, -0.25) is 9.69 Å². The molecule has 1 aromatic heterocycles. The highest BCUT2D eigenvalue weighted by Crippen LogP contribution is 2.27. The Bertz CT molecular complexity index is 1030. The number of amides is 1. The van der Waals surface area contributed by atoms with Crippen LogP contribution in [0.15, 0.2) is 54.7 Å². The summed E-state index contributed by atoms with van der Waals surface area (Å²) in [4.78, 5) is 18.5. The van der Waals surface area contributed by atoms with Crippen molar-refractivity contribution in [1.29, 1.82) is 0 Å². The zero-order valence-electron chi connectivity index (χ0n) is 16.7. The van der Waals surface area contributed by atoms with Gasteiger partial charge < -0.3 is 10.3 Å². The molecule has 0 aliphatic carbocycles. The molecule has 2 fully saturated rings. The van der Waals surface area contributed by atoms with Crippen LogP contribution in [0.3, 0.4) is 0 Å². The number of nitrogens with zero attached hydrogens (tertiary/aromatic N) is 1. The van der Waals surface area contributed by atoms with Crippen LogP contribution >= 0.6 is 11.6 Å². The molecular formula is C23H26ClN5O. The smallest absolute Gasteiger partial charge is 0.252 e. The Hall–Kier alpha value is -2.38. The van der Waals surface area contributed by atoms with Crippen LogP contribution in [0.4, 0.5) is 0 Å². The van der Waals surface area contributed by atoms with Gasteiger partial charge in [0, 0.05) is 52.9 Å². The van der Waals surface area contributed by atoms with E-state index in [1.54, 1.807) is 0 Å². The van der Waals surface area contributed by atoms with Gasteiger partial charge in [-0.25, -0.2) is 10.9 Å². The summed E-state index contributed by atoms with van der Waals surface area (Å²) in [6, 6.07) is 16.3. The lowest BCUT2D eigenvalue weighted by atomic mass is 10.0. The molecule has 3 aromatic rings. The molecule has 156 valence electrons. The molecular weight excluding hydrogens is 398 g/mol. The molecule has 7 heteroatoms. The van der Waals surface area contributed by atoms with E-state index in [1.165, 1.54) is 5.56 Å². The minimum absolute atomic E-state index is 0.0158. The second-order valence-electron chi connectivity index (χ2n) is 8.17. The maximum Gasteiger partial charge on any atom is 0.252 e. The van der Waals surface area contributed by atoms with Gasteiger partial charge in [-0.2, -0.15) is 0 Å². The van der Waals surface area contributed by atoms with E-state index in [2.05, 4.69) is 38.2 Å². The average Bonchev–Trinajstić information content (AvgIpc) is 3.44. The lowest BCUT2D eigenvalue weighted by Gasteiger charge is -2.35. The first-order valence-corrected chi connectivity index (χ1v) is 10.9. The van der Waals surface area contributed by atoms with Crippen LogP contribution in [0.25, 0.3) is 10.9 Å². The van der Waals surface area contributed by atoms with Crippen LogP contribution in [0.5, 0.6) is 0 Å². The van der Waals surface area contributed by atoms with Crippen LogP contribution in [0.1, 0.15) is 41.2 Å². The molecule has 4 N–H and O–H groups in total. The molecule has 2 aliphatic rings. The highest BCUT2D eigenvalue weighted by atomic mass is 35.5. The van der Waals surface area contributed by atoms with Crippen molar-refractivity contribution in [2.75, 3.05) is 13.1 Å². The maximum absolute atomic E-state index is 12.8. The minimum Gasteiger partial charge on any atom is -0.361 e. The fourth-order valence-corrected chi connectivity index (χ4v) is 4.72. The van der Waals surface area contributed by atoms with E-state index in [0.717, 1.165) is 53.8 Å². The van der Waals surface area contributed by atoms with E-state index in [1.807, 2.05) is 42.6 Å². The number of hydrogen-bond donors (Lipinski definition) is 4. The van der Waals surface area contributed by atoms with Crippen molar-refractivity contribution in [2.45, 2.75) is 37.5 Å². The number of piperidine rings is 1. The molecule has 2 aromatic carbocycles. The van der Waals surface area contributed by atoms with Gasteiger partial charge in [-0.15, -0.1) is 0 Å². The van der Waals surface area contributed by atoms with Crippen LogP contribution in [-0.2, 0) is 0 Å². The standard InChI is InChI=1S/C23H26ClN5O/c24-16-6-4-15(5-7-16)21-14-22(28-27-21)29-12-9-17(10-13-29)26-23(30)19-2-1-3-20-18(19)8-11-25-20/h1-8,11,17,21-22,25,27-28H,9-10,12-14H2,(H,26,30). The normalized spacial score (nSPS) is 23.1. The number of likely N-dealkylation sites (tertiary alicyclic amines) is 1. The summed E-state index contributed by atoms with van der Waals surface area (Å²) >= 11 is 6.00. The summed E-state index contributed by atoms with van der Waals surface area (Å²) in [6.45, 7) is 1.93. The molecule has 2 atom stereocenters. The van der Waals surface area contributed by atoms with Crippen molar-refractivity contribution in [3.05, 3.63) is 70.9 Å². The monoisotopic (exact) mass is 423 g/mol. The highest BCUT2D eigenvalue weighted by molar-refractivity contribution is 6.30. The Balaban J connectivity index is 1.15. The lowest BCUT2D eigenvalue weighted by Crippen LogP contribution is -2.51. The predicted molar refractivity (Wildman–Crippen MR) is 119 cm³/mol. The molecule has 30 heavy (non-hydrogen) atoms. The number of halogens is 1. The summed E-state index contributed by atoms with van der Waals surface area (Å²) in [5, 5.41) is 4.98. The van der Waals surface area contributed by atoms with Crippen molar-refractivity contribution in [2.24, 2.45) is 0 Å². The van der Waals surface area contributed by atoms with E-state index < -0.39 is 0 Å². The first kappa shape index (κ1) is 19.6. The second-order valence-corrected chi connectivity index (χ2v) is 8.61. The summed E-state index contributed by atoms with van der Waals surface area (Å²) < 4.78 is 0. The molecule has 0 saturated carbocycles. The van der Waals surface area contributed by atoms with Crippen LogP contribution in [-0.4, -0.2) is 41.1 Å². The van der Waals surface area contributed by atoms with Gasteiger partial charge in [0.25, 0.3) is 5.91 Å². The van der Waals surface area contributed by atoms with Gasteiger partial charge >= 0.3 is 0 Å². The number of nitrogens with one attached hydrogen (secondary N) is 4. The Morgan fingerprint density at radius 2 is 1.83 bits per heavy atom. The number of hydrogen-bond acceptors (Lipinski definition) is 4. The number of rotatable bonds is 4. The number of fused-ring (bicyclic) bond motifs is 1. The SMILES string of the molecule is O=C(NC1CCN(C2CC(c3ccc(Cl)cc3)NN2)CC1)c1cccc2[nH]ccc12. The van der Waals surface area contributed by atoms with Gasteiger partial charge in [-0.1, -0.05) is 29.8 Å². The minimum atomic E-state index is 0.0158. The van der Waals surface area contributed by atoms with Crippen LogP contribution in [0, 0.1) is 0 Å². The van der Waals surface area contributed by atoms with Crippen molar-refractivity contribution >= 4 is 28.4 Å². The molecule has 2 aliphatic heterocycles. The van der Waals surface area contributed by atoms with Crippen LogP contribution < -0.4 is 16.2 Å². The number of benzene rings is 2. The number of hydrazine groups is 1. The number of carbonyl (C=O) groups is 1. The quantitative estimate of drug-likeness (QED) is 0.517. The largest absolute Gasteiger partial charge is 0.361 e. The molecule has 0 bridgehead atoms. The Labute approximate surface area is 180 Å². The topological polar surface area (TPSA) is 72.2 Å². The highest BCUT2D eigenvalue weighted by Gasteiger charge is 2.32. The van der Waals surface area contributed by atoms with Gasteiger partial charge in [0.15, 0.2) is 0 Å². The molecule has 2 saturated heterocycles. The summed E-state index contributed by atoms with van der Waals surface area (Å²) in [5.41, 5.74) is 9.83. The van der Waals surface area contributed by atoms with E-state index in [0.29, 0.717) is 6.17 Å². The molecule has 0 radical (unpaired) electrons. The third-order valence-corrected chi connectivity index (χ3v) is 6.55. The third kappa shape index (κ3) is 3.96. The van der Waals surface area contributed by atoms with Gasteiger partial charge in [0.2, 0.25) is 0 Å². The summed E-state index contributed by atoms with van der Waals surface area (Å²) in [5.74, 6) is 0.0158. The lowest BCUT2D eigenvalue weighted by molar-refractivity contribution is 0.0881. The van der Waals surface area contributed by atoms with Crippen molar-refractivity contribution in [1.82, 2.24) is 26.1 Å². The zero-order chi connectivity index (χ0) is 20.5. The molecule has 2 unspecified atom stereocenters. The van der Waals surface area contributed by atoms with Crippen molar-refractivity contribution in [3.63, 3.8) is 0 Å². The number of carbonyl (C=O) groups excluding carboxylic acids is 1. The number of aromatic nitrogens is 1. The molecule has 6 nitrogen and oxygen atoms in total. The third-order valence-electron chi connectivity index (χ3n) is 6.30. The van der Waals surface area contributed by atoms with E-state index in [-0.39, 0.29) is 18.0 Å². The number of H-pyrrole nitrogens is 1.